The fourth-order valence-electron chi connectivity index (χ4n) is 4.04. The van der Waals surface area contributed by atoms with Crippen LogP contribution in [0.5, 0.6) is 0 Å². The Morgan fingerprint density at radius 3 is 2.80 bits per heavy atom. The van der Waals surface area contributed by atoms with Gasteiger partial charge in [0.25, 0.3) is 0 Å². The summed E-state index contributed by atoms with van der Waals surface area (Å²) in [5, 5.41) is 5.09. The Balaban J connectivity index is 1.23. The van der Waals surface area contributed by atoms with Gasteiger partial charge in [-0.2, -0.15) is 0 Å². The van der Waals surface area contributed by atoms with E-state index in [9.17, 15) is 14.0 Å². The second kappa shape index (κ2) is 9.06. The predicted octanol–water partition coefficient (Wildman–Crippen LogP) is 3.90. The first-order valence-corrected chi connectivity index (χ1v) is 11.0. The average molecular weight is 430 g/mol. The molecular weight excluding hydrogens is 405 g/mol. The molecule has 0 saturated carbocycles. The lowest BCUT2D eigenvalue weighted by Gasteiger charge is -2.31. The third kappa shape index (κ3) is 4.76. The van der Waals surface area contributed by atoms with Gasteiger partial charge in [0.15, 0.2) is 11.4 Å². The number of primary amides is 1. The summed E-state index contributed by atoms with van der Waals surface area (Å²) in [6.07, 6.45) is 3.42. The van der Waals surface area contributed by atoms with Gasteiger partial charge >= 0.3 is 0 Å². The topological polar surface area (TPSA) is 89.4 Å². The standard InChI is InChI=1S/C22H24FN3O3S/c23-15-3-5-17-19(12-15)29-25-22(17)14-7-10-26(11-8-14)9-1-2-18(27)20-6-4-16(30-20)13-21(24)28/h3-6,12,14H,1-2,7-11,13H2,(H2,24,28). The minimum absolute atomic E-state index is 0.118. The van der Waals surface area contributed by atoms with Crippen molar-refractivity contribution in [3.8, 4) is 0 Å². The van der Waals surface area contributed by atoms with E-state index in [4.69, 9.17) is 10.3 Å². The van der Waals surface area contributed by atoms with E-state index in [1.807, 2.05) is 0 Å². The Morgan fingerprint density at radius 1 is 1.23 bits per heavy atom. The van der Waals surface area contributed by atoms with Crippen molar-refractivity contribution in [3.05, 3.63) is 51.6 Å². The number of amides is 1. The zero-order chi connectivity index (χ0) is 21.1. The Kier molecular flexibility index (Phi) is 6.24. The minimum Gasteiger partial charge on any atom is -0.369 e. The number of carbonyl (C=O) groups excluding carboxylic acids is 2. The normalized spacial score (nSPS) is 15.6. The van der Waals surface area contributed by atoms with Crippen LogP contribution in [0.4, 0.5) is 4.39 Å². The molecule has 30 heavy (non-hydrogen) atoms. The molecule has 1 aliphatic heterocycles. The van der Waals surface area contributed by atoms with E-state index in [0.29, 0.717) is 22.8 Å². The van der Waals surface area contributed by atoms with Crippen LogP contribution in [0.1, 0.15) is 51.8 Å². The molecule has 8 heteroatoms. The zero-order valence-electron chi connectivity index (χ0n) is 16.6. The molecule has 4 rings (SSSR count). The molecule has 0 aliphatic carbocycles. The number of piperidine rings is 1. The highest BCUT2D eigenvalue weighted by molar-refractivity contribution is 7.14. The second-order valence-corrected chi connectivity index (χ2v) is 8.93. The van der Waals surface area contributed by atoms with Gasteiger partial charge in [-0.3, -0.25) is 9.59 Å². The molecule has 0 unspecified atom stereocenters. The highest BCUT2D eigenvalue weighted by Crippen LogP contribution is 2.32. The van der Waals surface area contributed by atoms with Crippen molar-refractivity contribution < 1.29 is 18.5 Å². The first-order valence-electron chi connectivity index (χ1n) is 10.2. The number of likely N-dealkylation sites (tertiary alicyclic amines) is 1. The SMILES string of the molecule is NC(=O)Cc1ccc(C(=O)CCCN2CCC(c3noc4cc(F)ccc34)CC2)s1. The lowest BCUT2D eigenvalue weighted by Crippen LogP contribution is -2.34. The van der Waals surface area contributed by atoms with Crippen LogP contribution in [0.25, 0.3) is 11.0 Å². The van der Waals surface area contributed by atoms with Crippen LogP contribution >= 0.6 is 11.3 Å². The molecule has 158 valence electrons. The van der Waals surface area contributed by atoms with Crippen LogP contribution in [0.3, 0.4) is 0 Å². The molecular formula is C22H24FN3O3S. The van der Waals surface area contributed by atoms with Crippen LogP contribution in [-0.2, 0) is 11.2 Å². The second-order valence-electron chi connectivity index (χ2n) is 7.76. The number of rotatable bonds is 8. The van der Waals surface area contributed by atoms with Crippen LogP contribution < -0.4 is 5.73 Å². The largest absolute Gasteiger partial charge is 0.369 e. The molecule has 1 amide bonds. The van der Waals surface area contributed by atoms with Gasteiger partial charge < -0.3 is 15.2 Å². The van der Waals surface area contributed by atoms with E-state index in [1.165, 1.54) is 23.5 Å². The molecule has 3 aromatic rings. The maximum Gasteiger partial charge on any atom is 0.222 e. The summed E-state index contributed by atoms with van der Waals surface area (Å²) in [6.45, 7) is 2.76. The molecule has 1 saturated heterocycles. The molecule has 1 aromatic carbocycles. The summed E-state index contributed by atoms with van der Waals surface area (Å²) in [7, 11) is 0. The molecule has 3 heterocycles. The molecule has 1 aliphatic rings. The Hall–Kier alpha value is -2.58. The first kappa shape index (κ1) is 20.7. The number of Topliss-reactive ketones (excluding diaryl/α,β-unsaturated/α-hetero) is 1. The summed E-state index contributed by atoms with van der Waals surface area (Å²) in [5.41, 5.74) is 6.62. The summed E-state index contributed by atoms with van der Waals surface area (Å²) in [5.74, 6) is -0.275. The zero-order valence-corrected chi connectivity index (χ0v) is 17.4. The van der Waals surface area contributed by atoms with Crippen molar-refractivity contribution in [1.82, 2.24) is 10.1 Å². The molecule has 0 radical (unpaired) electrons. The summed E-state index contributed by atoms with van der Waals surface area (Å²) in [4.78, 5) is 27.3. The van der Waals surface area contributed by atoms with Crippen molar-refractivity contribution >= 4 is 34.0 Å². The number of nitrogens with zero attached hydrogens (tertiary/aromatic N) is 2. The summed E-state index contributed by atoms with van der Waals surface area (Å²) in [6, 6.07) is 8.15. The van der Waals surface area contributed by atoms with Crippen molar-refractivity contribution in [2.24, 2.45) is 5.73 Å². The lowest BCUT2D eigenvalue weighted by atomic mass is 9.91. The molecule has 1 fully saturated rings. The van der Waals surface area contributed by atoms with Gasteiger partial charge in [-0.15, -0.1) is 11.3 Å². The van der Waals surface area contributed by atoms with Crippen molar-refractivity contribution in [2.45, 2.75) is 38.0 Å². The lowest BCUT2D eigenvalue weighted by molar-refractivity contribution is -0.117. The maximum absolute atomic E-state index is 13.3. The van der Waals surface area contributed by atoms with E-state index in [-0.39, 0.29) is 23.9 Å². The number of thiophene rings is 1. The van der Waals surface area contributed by atoms with Gasteiger partial charge in [-0.05, 0) is 63.2 Å². The van der Waals surface area contributed by atoms with Gasteiger partial charge in [0.2, 0.25) is 5.91 Å². The summed E-state index contributed by atoms with van der Waals surface area (Å²) < 4.78 is 18.6. The molecule has 0 spiro atoms. The fourth-order valence-corrected chi connectivity index (χ4v) is 5.02. The van der Waals surface area contributed by atoms with Crippen LogP contribution in [0.15, 0.2) is 34.9 Å². The Morgan fingerprint density at radius 2 is 2.03 bits per heavy atom. The van der Waals surface area contributed by atoms with Crippen molar-refractivity contribution in [2.75, 3.05) is 19.6 Å². The maximum atomic E-state index is 13.3. The number of ketones is 1. The van der Waals surface area contributed by atoms with Gasteiger partial charge in [0.05, 0.1) is 17.0 Å². The van der Waals surface area contributed by atoms with Crippen molar-refractivity contribution in [1.29, 1.82) is 0 Å². The molecule has 0 atom stereocenters. The molecule has 2 N–H and O–H groups in total. The minimum atomic E-state index is -0.384. The Bertz CT molecular complexity index is 1050. The van der Waals surface area contributed by atoms with Crippen LogP contribution in [0, 0.1) is 5.82 Å². The van der Waals surface area contributed by atoms with Crippen LogP contribution in [0.2, 0.25) is 0 Å². The number of fused-ring (bicyclic) bond motifs is 1. The van der Waals surface area contributed by atoms with Crippen molar-refractivity contribution in [3.63, 3.8) is 0 Å². The van der Waals surface area contributed by atoms with Gasteiger partial charge in [0, 0.05) is 28.7 Å². The number of carbonyl (C=O) groups is 2. The van der Waals surface area contributed by atoms with Gasteiger partial charge in [0.1, 0.15) is 5.82 Å². The third-order valence-corrected chi connectivity index (χ3v) is 6.73. The average Bonchev–Trinajstić information content (AvgIpc) is 3.35. The first-order chi connectivity index (χ1) is 14.5. The van der Waals surface area contributed by atoms with Gasteiger partial charge in [-0.1, -0.05) is 5.16 Å². The number of halogens is 1. The van der Waals surface area contributed by atoms with Gasteiger partial charge in [-0.25, -0.2) is 4.39 Å². The number of hydrogen-bond donors (Lipinski definition) is 1. The summed E-state index contributed by atoms with van der Waals surface area (Å²) >= 11 is 1.35. The monoisotopic (exact) mass is 429 g/mol. The highest BCUT2D eigenvalue weighted by Gasteiger charge is 2.25. The number of nitrogens with two attached hydrogens (primary N) is 1. The van der Waals surface area contributed by atoms with E-state index < -0.39 is 0 Å². The smallest absolute Gasteiger partial charge is 0.222 e. The van der Waals surface area contributed by atoms with Crippen LogP contribution in [-0.4, -0.2) is 41.4 Å². The number of aromatic nitrogens is 1. The molecule has 0 bridgehead atoms. The van der Waals surface area contributed by atoms with E-state index >= 15 is 0 Å². The number of hydrogen-bond acceptors (Lipinski definition) is 6. The van der Waals surface area contributed by atoms with E-state index in [1.54, 1.807) is 18.2 Å². The fraction of sp³-hybridized carbons (Fsp3) is 0.409. The van der Waals surface area contributed by atoms with E-state index in [0.717, 1.165) is 54.9 Å². The number of benzene rings is 1. The quantitative estimate of drug-likeness (QED) is 0.549. The van der Waals surface area contributed by atoms with E-state index in [2.05, 4.69) is 10.1 Å². The highest BCUT2D eigenvalue weighted by atomic mass is 32.1. The predicted molar refractivity (Wildman–Crippen MR) is 113 cm³/mol. The molecule has 6 nitrogen and oxygen atoms in total. The Labute approximate surface area is 177 Å². The third-order valence-electron chi connectivity index (χ3n) is 5.60. The molecule has 2 aromatic heterocycles.